The van der Waals surface area contributed by atoms with Crippen molar-refractivity contribution >= 4 is 29.5 Å². The van der Waals surface area contributed by atoms with Crippen LogP contribution in [0.4, 0.5) is 5.82 Å². The number of hydrogen-bond acceptors (Lipinski definition) is 8. The van der Waals surface area contributed by atoms with Crippen LogP contribution in [0.2, 0.25) is 0 Å². The number of nitrogens with two attached hydrogens (primary N) is 1. The molecule has 9 heteroatoms. The minimum absolute atomic E-state index is 0.0292. The fraction of sp³-hybridized carbons (Fsp3) is 0.222. The largest absolute Gasteiger partial charge is 0.462 e. The van der Waals surface area contributed by atoms with Gasteiger partial charge in [-0.25, -0.2) is 19.8 Å². The fourth-order valence-corrected chi connectivity index (χ4v) is 3.21. The number of nitrogen functional groups attached to an aromatic ring is 1. The Kier molecular flexibility index (Phi) is 5.92. The Morgan fingerprint density at radius 2 is 2.11 bits per heavy atom. The SMILES string of the molecule is CCOC(=O)c1cnc(SCC(=O)N2NC=CC2c2ccccc2)nc1N. The lowest BCUT2D eigenvalue weighted by Crippen LogP contribution is -2.39. The maximum Gasteiger partial charge on any atom is 0.343 e. The monoisotopic (exact) mass is 385 g/mol. The van der Waals surface area contributed by atoms with Crippen molar-refractivity contribution in [3.05, 3.63) is 59.9 Å². The number of ether oxygens (including phenoxy) is 1. The third kappa shape index (κ3) is 4.37. The number of hydrazine groups is 1. The van der Waals surface area contributed by atoms with Gasteiger partial charge in [0.15, 0.2) is 5.16 Å². The Morgan fingerprint density at radius 3 is 2.81 bits per heavy atom. The zero-order valence-electron chi connectivity index (χ0n) is 14.7. The fourth-order valence-electron chi connectivity index (χ4n) is 2.53. The third-order valence-corrected chi connectivity index (χ3v) is 4.64. The van der Waals surface area contributed by atoms with E-state index in [1.54, 1.807) is 18.1 Å². The van der Waals surface area contributed by atoms with Crippen LogP contribution >= 0.6 is 11.8 Å². The van der Waals surface area contributed by atoms with Crippen LogP contribution in [0.3, 0.4) is 0 Å². The molecule has 27 heavy (non-hydrogen) atoms. The van der Waals surface area contributed by atoms with Gasteiger partial charge in [0, 0.05) is 12.4 Å². The second-order valence-corrected chi connectivity index (χ2v) is 6.51. The molecule has 0 saturated carbocycles. The van der Waals surface area contributed by atoms with Gasteiger partial charge in [-0.1, -0.05) is 42.1 Å². The van der Waals surface area contributed by atoms with Crippen molar-refractivity contribution in [2.45, 2.75) is 18.1 Å². The molecule has 1 unspecified atom stereocenters. The number of carbonyl (C=O) groups excluding carboxylic acids is 2. The van der Waals surface area contributed by atoms with E-state index >= 15 is 0 Å². The molecule has 3 N–H and O–H groups in total. The van der Waals surface area contributed by atoms with Crippen LogP contribution < -0.4 is 11.2 Å². The summed E-state index contributed by atoms with van der Waals surface area (Å²) in [5, 5.41) is 1.87. The minimum Gasteiger partial charge on any atom is -0.462 e. The van der Waals surface area contributed by atoms with E-state index in [1.165, 1.54) is 6.20 Å². The number of thioether (sulfide) groups is 1. The molecule has 1 aromatic carbocycles. The molecule has 0 saturated heterocycles. The Morgan fingerprint density at radius 1 is 1.33 bits per heavy atom. The van der Waals surface area contributed by atoms with Gasteiger partial charge in [0.1, 0.15) is 11.4 Å². The average molecular weight is 385 g/mol. The number of carbonyl (C=O) groups is 2. The van der Waals surface area contributed by atoms with Crippen LogP contribution in [-0.2, 0) is 9.53 Å². The molecule has 2 aromatic rings. The van der Waals surface area contributed by atoms with Crippen molar-refractivity contribution in [2.75, 3.05) is 18.1 Å². The first-order chi connectivity index (χ1) is 13.1. The van der Waals surface area contributed by atoms with Crippen molar-refractivity contribution in [1.82, 2.24) is 20.4 Å². The highest BCUT2D eigenvalue weighted by Gasteiger charge is 2.26. The van der Waals surface area contributed by atoms with Gasteiger partial charge in [0.2, 0.25) is 0 Å². The molecule has 1 aliphatic heterocycles. The maximum absolute atomic E-state index is 12.6. The average Bonchev–Trinajstić information content (AvgIpc) is 3.17. The number of anilines is 1. The zero-order valence-corrected chi connectivity index (χ0v) is 15.5. The van der Waals surface area contributed by atoms with Crippen molar-refractivity contribution in [3.8, 4) is 0 Å². The van der Waals surface area contributed by atoms with E-state index in [0.717, 1.165) is 17.3 Å². The van der Waals surface area contributed by atoms with E-state index in [4.69, 9.17) is 10.5 Å². The Labute approximate surface area is 160 Å². The Bertz CT molecular complexity index is 859. The summed E-state index contributed by atoms with van der Waals surface area (Å²) in [6, 6.07) is 9.55. The maximum atomic E-state index is 12.6. The molecule has 1 atom stereocenters. The first-order valence-corrected chi connectivity index (χ1v) is 9.31. The minimum atomic E-state index is -0.569. The molecular weight excluding hydrogens is 366 g/mol. The molecule has 1 aliphatic rings. The third-order valence-electron chi connectivity index (χ3n) is 3.80. The smallest absolute Gasteiger partial charge is 0.343 e. The molecule has 0 spiro atoms. The van der Waals surface area contributed by atoms with Gasteiger partial charge >= 0.3 is 5.97 Å². The summed E-state index contributed by atoms with van der Waals surface area (Å²) in [5.74, 6) is -0.548. The predicted molar refractivity (Wildman–Crippen MR) is 101 cm³/mol. The van der Waals surface area contributed by atoms with Crippen LogP contribution in [0, 0.1) is 0 Å². The number of esters is 1. The summed E-state index contributed by atoms with van der Waals surface area (Å²) >= 11 is 1.15. The molecule has 0 aliphatic carbocycles. The number of amides is 1. The van der Waals surface area contributed by atoms with Gasteiger partial charge in [-0.05, 0) is 18.6 Å². The first-order valence-electron chi connectivity index (χ1n) is 8.32. The number of benzene rings is 1. The summed E-state index contributed by atoms with van der Waals surface area (Å²) in [6.45, 7) is 1.94. The summed E-state index contributed by atoms with van der Waals surface area (Å²) in [7, 11) is 0. The Balaban J connectivity index is 1.62. The summed E-state index contributed by atoms with van der Waals surface area (Å²) in [5.41, 5.74) is 9.87. The second kappa shape index (κ2) is 8.54. The van der Waals surface area contributed by atoms with Gasteiger partial charge in [-0.3, -0.25) is 4.79 Å². The van der Waals surface area contributed by atoms with Crippen LogP contribution in [-0.4, -0.2) is 39.2 Å². The van der Waals surface area contributed by atoms with Crippen molar-refractivity contribution in [2.24, 2.45) is 0 Å². The van der Waals surface area contributed by atoms with Gasteiger partial charge in [-0.2, -0.15) is 0 Å². The van der Waals surface area contributed by atoms with E-state index in [2.05, 4.69) is 15.4 Å². The lowest BCUT2D eigenvalue weighted by Gasteiger charge is -2.24. The molecule has 0 bridgehead atoms. The standard InChI is InChI=1S/C18H19N5O3S/c1-2-26-17(25)13-10-20-18(22-16(13)19)27-11-15(24)23-14(8-9-21-23)12-6-4-3-5-7-12/h3-10,14,21H,2,11H2,1H3,(H2,19,20,22). The second-order valence-electron chi connectivity index (χ2n) is 5.57. The summed E-state index contributed by atoms with van der Waals surface area (Å²) in [4.78, 5) is 32.5. The topological polar surface area (TPSA) is 110 Å². The lowest BCUT2D eigenvalue weighted by atomic mass is 10.1. The number of hydrogen-bond donors (Lipinski definition) is 2. The molecule has 0 radical (unpaired) electrons. The van der Waals surface area contributed by atoms with Crippen LogP contribution in [0.5, 0.6) is 0 Å². The normalized spacial score (nSPS) is 15.4. The highest BCUT2D eigenvalue weighted by Crippen LogP contribution is 2.25. The molecule has 2 heterocycles. The van der Waals surface area contributed by atoms with Crippen molar-refractivity contribution in [1.29, 1.82) is 0 Å². The van der Waals surface area contributed by atoms with E-state index in [1.807, 2.05) is 36.4 Å². The van der Waals surface area contributed by atoms with Gasteiger partial charge in [0.05, 0.1) is 18.4 Å². The highest BCUT2D eigenvalue weighted by molar-refractivity contribution is 7.99. The number of rotatable bonds is 6. The number of nitrogens with one attached hydrogen (secondary N) is 1. The highest BCUT2D eigenvalue weighted by atomic mass is 32.2. The van der Waals surface area contributed by atoms with Crippen molar-refractivity contribution in [3.63, 3.8) is 0 Å². The van der Waals surface area contributed by atoms with Gasteiger partial charge in [-0.15, -0.1) is 0 Å². The van der Waals surface area contributed by atoms with Crippen LogP contribution in [0.1, 0.15) is 28.9 Å². The number of nitrogens with zero attached hydrogens (tertiary/aromatic N) is 3. The van der Waals surface area contributed by atoms with E-state index < -0.39 is 5.97 Å². The summed E-state index contributed by atoms with van der Waals surface area (Å²) < 4.78 is 4.89. The lowest BCUT2D eigenvalue weighted by molar-refractivity contribution is -0.131. The van der Waals surface area contributed by atoms with Crippen LogP contribution in [0.25, 0.3) is 0 Å². The van der Waals surface area contributed by atoms with Crippen LogP contribution in [0.15, 0.2) is 54.0 Å². The molecule has 8 nitrogen and oxygen atoms in total. The van der Waals surface area contributed by atoms with Gasteiger partial charge in [0.25, 0.3) is 5.91 Å². The predicted octanol–water partition coefficient (Wildman–Crippen LogP) is 1.93. The zero-order chi connectivity index (χ0) is 19.2. The van der Waals surface area contributed by atoms with Crippen molar-refractivity contribution < 1.29 is 14.3 Å². The quantitative estimate of drug-likeness (QED) is 0.441. The number of aromatic nitrogens is 2. The molecule has 1 amide bonds. The Hall–Kier alpha value is -3.07. The van der Waals surface area contributed by atoms with Gasteiger partial charge < -0.3 is 15.9 Å². The molecule has 1 aromatic heterocycles. The molecule has 0 fully saturated rings. The summed E-state index contributed by atoms with van der Waals surface area (Å²) in [6.07, 6.45) is 4.97. The molecule has 140 valence electrons. The molecular formula is C18H19N5O3S. The first kappa shape index (κ1) is 18.7. The van der Waals surface area contributed by atoms with E-state index in [-0.39, 0.29) is 35.7 Å². The molecule has 3 rings (SSSR count). The van der Waals surface area contributed by atoms with E-state index in [0.29, 0.717) is 5.16 Å². The van der Waals surface area contributed by atoms with E-state index in [9.17, 15) is 9.59 Å².